The fourth-order valence-corrected chi connectivity index (χ4v) is 4.88. The number of carbonyl (C=O) groups excluding carboxylic acids is 2. The Morgan fingerprint density at radius 2 is 2.17 bits per heavy atom. The number of thiazole rings is 1. The summed E-state index contributed by atoms with van der Waals surface area (Å²) in [5, 5.41) is 14.3. The zero-order valence-corrected chi connectivity index (χ0v) is 18.7. The Morgan fingerprint density at radius 1 is 1.38 bits per heavy atom. The van der Waals surface area contributed by atoms with Crippen LogP contribution in [0.2, 0.25) is 0 Å². The fourth-order valence-electron chi connectivity index (χ4n) is 2.41. The fraction of sp³-hybridized carbons (Fsp3) is 0.278. The number of amides is 2. The zero-order valence-electron chi connectivity index (χ0n) is 16.2. The molecule has 0 saturated heterocycles. The van der Waals surface area contributed by atoms with Crippen LogP contribution in [0.15, 0.2) is 35.3 Å². The van der Waals surface area contributed by atoms with Crippen molar-refractivity contribution in [3.8, 4) is 10.7 Å². The van der Waals surface area contributed by atoms with Gasteiger partial charge in [0, 0.05) is 20.6 Å². The van der Waals surface area contributed by atoms with E-state index in [0.29, 0.717) is 27.4 Å². The Kier molecular flexibility index (Phi) is 6.83. The number of aryl methyl sites for hydroxylation is 1. The van der Waals surface area contributed by atoms with Crippen molar-refractivity contribution >= 4 is 51.4 Å². The molecule has 11 heteroatoms. The highest BCUT2D eigenvalue weighted by molar-refractivity contribution is 7.99. The van der Waals surface area contributed by atoms with E-state index < -0.39 is 0 Å². The molecule has 0 atom stereocenters. The van der Waals surface area contributed by atoms with Gasteiger partial charge in [0.05, 0.1) is 16.3 Å². The third-order valence-electron chi connectivity index (χ3n) is 3.75. The second-order valence-corrected chi connectivity index (χ2v) is 9.04. The maximum atomic E-state index is 12.4. The summed E-state index contributed by atoms with van der Waals surface area (Å²) in [5.74, 6) is 0.548. The Morgan fingerprint density at radius 3 is 2.83 bits per heavy atom. The van der Waals surface area contributed by atoms with E-state index in [2.05, 4.69) is 27.1 Å². The van der Waals surface area contributed by atoms with E-state index in [9.17, 15) is 9.59 Å². The van der Waals surface area contributed by atoms with E-state index in [0.717, 1.165) is 10.7 Å². The summed E-state index contributed by atoms with van der Waals surface area (Å²) in [6, 6.07) is 3.94. The minimum absolute atomic E-state index is 0.131. The van der Waals surface area contributed by atoms with Crippen LogP contribution >= 0.6 is 34.4 Å². The first kappa shape index (κ1) is 21.2. The second kappa shape index (κ2) is 9.33. The van der Waals surface area contributed by atoms with Crippen LogP contribution in [0.4, 0.5) is 5.13 Å². The van der Waals surface area contributed by atoms with Gasteiger partial charge in [-0.2, -0.15) is 0 Å². The molecule has 29 heavy (non-hydrogen) atoms. The van der Waals surface area contributed by atoms with Gasteiger partial charge in [-0.1, -0.05) is 35.2 Å². The molecule has 3 aromatic rings. The molecule has 0 aliphatic heterocycles. The van der Waals surface area contributed by atoms with Crippen LogP contribution in [0.3, 0.4) is 0 Å². The molecule has 3 aromatic heterocycles. The summed E-state index contributed by atoms with van der Waals surface area (Å²) in [7, 11) is 3.36. The topological polar surface area (TPSA) is 93.0 Å². The van der Waals surface area contributed by atoms with Crippen LogP contribution in [0.5, 0.6) is 0 Å². The molecule has 0 spiro atoms. The molecule has 0 saturated carbocycles. The molecule has 0 aromatic carbocycles. The van der Waals surface area contributed by atoms with Gasteiger partial charge in [0.2, 0.25) is 5.91 Å². The molecule has 1 N–H and O–H groups in total. The lowest BCUT2D eigenvalue weighted by molar-refractivity contribution is -0.113. The first-order valence-electron chi connectivity index (χ1n) is 8.60. The van der Waals surface area contributed by atoms with Gasteiger partial charge in [0.1, 0.15) is 4.88 Å². The van der Waals surface area contributed by atoms with Gasteiger partial charge in [0.15, 0.2) is 16.1 Å². The molecule has 2 amide bonds. The molecule has 3 rings (SSSR count). The number of nitrogens with zero attached hydrogens (tertiary/aromatic N) is 5. The van der Waals surface area contributed by atoms with E-state index in [4.69, 9.17) is 0 Å². The Hall–Kier alpha value is -2.50. The number of aromatic nitrogens is 4. The number of rotatable bonds is 8. The van der Waals surface area contributed by atoms with Crippen LogP contribution < -0.4 is 5.32 Å². The number of hydrogen-bond acceptors (Lipinski definition) is 8. The number of hydrogen-bond donors (Lipinski definition) is 1. The van der Waals surface area contributed by atoms with E-state index >= 15 is 0 Å². The van der Waals surface area contributed by atoms with Crippen molar-refractivity contribution in [3.63, 3.8) is 0 Å². The predicted molar refractivity (Wildman–Crippen MR) is 118 cm³/mol. The average molecular weight is 449 g/mol. The highest BCUT2D eigenvalue weighted by atomic mass is 32.2. The molecule has 152 valence electrons. The number of anilines is 1. The molecule has 0 radical (unpaired) electrons. The molecule has 8 nitrogen and oxygen atoms in total. The SMILES string of the molecule is C=CCn1c(SCC(=O)Nc2nc(C)c(C(=O)N(C)C)s2)nnc1-c1cccs1. The van der Waals surface area contributed by atoms with E-state index in [1.165, 1.54) is 28.0 Å². The second-order valence-electron chi connectivity index (χ2n) is 6.15. The first-order valence-corrected chi connectivity index (χ1v) is 11.3. The number of allylic oxidation sites excluding steroid dienone is 1. The van der Waals surface area contributed by atoms with Crippen molar-refractivity contribution in [1.82, 2.24) is 24.6 Å². The van der Waals surface area contributed by atoms with Crippen molar-refractivity contribution in [1.29, 1.82) is 0 Å². The lowest BCUT2D eigenvalue weighted by atomic mass is 10.3. The van der Waals surface area contributed by atoms with Gasteiger partial charge in [-0.15, -0.1) is 28.1 Å². The van der Waals surface area contributed by atoms with Gasteiger partial charge in [-0.05, 0) is 18.4 Å². The van der Waals surface area contributed by atoms with Crippen LogP contribution in [-0.4, -0.2) is 56.3 Å². The number of nitrogens with one attached hydrogen (secondary N) is 1. The van der Waals surface area contributed by atoms with Crippen molar-refractivity contribution in [2.45, 2.75) is 18.6 Å². The van der Waals surface area contributed by atoms with E-state index in [1.54, 1.807) is 38.4 Å². The molecule has 3 heterocycles. The van der Waals surface area contributed by atoms with Gasteiger partial charge >= 0.3 is 0 Å². The lowest BCUT2D eigenvalue weighted by Crippen LogP contribution is -2.21. The summed E-state index contributed by atoms with van der Waals surface area (Å²) in [6.07, 6.45) is 1.77. The Bertz CT molecular complexity index is 1020. The molecule has 0 aliphatic rings. The lowest BCUT2D eigenvalue weighted by Gasteiger charge is -2.07. The first-order chi connectivity index (χ1) is 13.9. The van der Waals surface area contributed by atoms with Crippen molar-refractivity contribution in [3.05, 3.63) is 40.7 Å². The number of thiophene rings is 1. The summed E-state index contributed by atoms with van der Waals surface area (Å²) >= 11 is 4.04. The van der Waals surface area contributed by atoms with Crippen molar-refractivity contribution in [2.24, 2.45) is 0 Å². The van der Waals surface area contributed by atoms with Crippen LogP contribution in [-0.2, 0) is 11.3 Å². The quantitative estimate of drug-likeness (QED) is 0.419. The molecular formula is C18H20N6O2S3. The molecule has 0 unspecified atom stereocenters. The van der Waals surface area contributed by atoms with Crippen molar-refractivity contribution < 1.29 is 9.59 Å². The maximum absolute atomic E-state index is 12.4. The third-order valence-corrected chi connectivity index (χ3v) is 6.64. The average Bonchev–Trinajstić information content (AvgIpc) is 3.40. The van der Waals surface area contributed by atoms with Crippen molar-refractivity contribution in [2.75, 3.05) is 25.2 Å². The normalized spacial score (nSPS) is 10.7. The third kappa shape index (κ3) is 4.92. The van der Waals surface area contributed by atoms with Gasteiger partial charge in [-0.25, -0.2) is 4.98 Å². The smallest absolute Gasteiger partial charge is 0.265 e. The van der Waals surface area contributed by atoms with Gasteiger partial charge in [0.25, 0.3) is 5.91 Å². The van der Waals surface area contributed by atoms with Crippen LogP contribution in [0, 0.1) is 6.92 Å². The Labute approximate surface area is 180 Å². The van der Waals surface area contributed by atoms with Crippen LogP contribution in [0.25, 0.3) is 10.7 Å². The maximum Gasteiger partial charge on any atom is 0.265 e. The zero-order chi connectivity index (χ0) is 21.0. The largest absolute Gasteiger partial charge is 0.344 e. The van der Waals surface area contributed by atoms with E-state index in [1.807, 2.05) is 22.1 Å². The highest BCUT2D eigenvalue weighted by Gasteiger charge is 2.19. The minimum Gasteiger partial charge on any atom is -0.344 e. The summed E-state index contributed by atoms with van der Waals surface area (Å²) < 4.78 is 1.93. The van der Waals surface area contributed by atoms with Gasteiger partial charge < -0.3 is 10.2 Å². The summed E-state index contributed by atoms with van der Waals surface area (Å²) in [5.41, 5.74) is 0.600. The van der Waals surface area contributed by atoms with Gasteiger partial charge in [-0.3, -0.25) is 14.2 Å². The predicted octanol–water partition coefficient (Wildman–Crippen LogP) is 3.39. The molecule has 0 bridgehead atoms. The highest BCUT2D eigenvalue weighted by Crippen LogP contribution is 2.28. The van der Waals surface area contributed by atoms with Crippen LogP contribution in [0.1, 0.15) is 15.4 Å². The number of thioether (sulfide) groups is 1. The number of carbonyl (C=O) groups is 2. The molecule has 0 aliphatic carbocycles. The molecule has 0 fully saturated rings. The minimum atomic E-state index is -0.224. The summed E-state index contributed by atoms with van der Waals surface area (Å²) in [4.78, 5) is 31.8. The Balaban J connectivity index is 1.66. The standard InChI is InChI=1S/C18H20N6O2S3/c1-5-8-24-15(12-7-6-9-27-12)21-22-18(24)28-10-13(25)20-17-19-11(2)14(29-17)16(26)23(3)4/h5-7,9H,1,8,10H2,2-4H3,(H,19,20,25). The molecular weight excluding hydrogens is 428 g/mol. The van der Waals surface area contributed by atoms with E-state index in [-0.39, 0.29) is 17.6 Å². The monoisotopic (exact) mass is 448 g/mol. The summed E-state index contributed by atoms with van der Waals surface area (Å²) in [6.45, 7) is 6.09.